The first-order chi connectivity index (χ1) is 14.9. The first kappa shape index (κ1) is 24.5. The Labute approximate surface area is 198 Å². The predicted octanol–water partition coefficient (Wildman–Crippen LogP) is 7.74. The van der Waals surface area contributed by atoms with Gasteiger partial charge in [-0.15, -0.1) is 0 Å². The van der Waals surface area contributed by atoms with Gasteiger partial charge in [0.15, 0.2) is 5.78 Å². The summed E-state index contributed by atoms with van der Waals surface area (Å²) in [7, 11) is 0. The first-order valence-corrected chi connectivity index (χ1v) is 13.8. The van der Waals surface area contributed by atoms with Crippen LogP contribution in [0.15, 0.2) is 11.1 Å². The smallest absolute Gasteiger partial charge is 0.160 e. The van der Waals surface area contributed by atoms with Gasteiger partial charge in [-0.3, -0.25) is 4.79 Å². The lowest BCUT2D eigenvalue weighted by molar-refractivity contribution is -0.150. The molecule has 2 nitrogen and oxygen atoms in total. The molecule has 3 saturated carbocycles. The Morgan fingerprint density at radius 3 is 2.28 bits per heavy atom. The molecule has 1 N–H and O–H groups in total. The molecule has 182 valence electrons. The second-order valence-electron chi connectivity index (χ2n) is 13.9. The topological polar surface area (TPSA) is 37.3 Å². The predicted molar refractivity (Wildman–Crippen MR) is 133 cm³/mol. The molecule has 0 saturated heterocycles. The summed E-state index contributed by atoms with van der Waals surface area (Å²) in [6, 6.07) is 0. The Balaban J connectivity index is 1.72. The highest BCUT2D eigenvalue weighted by Gasteiger charge is 2.59. The summed E-state index contributed by atoms with van der Waals surface area (Å²) in [6.45, 7) is 17.4. The minimum absolute atomic E-state index is 0.144. The van der Waals surface area contributed by atoms with E-state index in [4.69, 9.17) is 0 Å². The molecule has 4 aliphatic carbocycles. The number of fused-ring (bicyclic) bond motifs is 4. The van der Waals surface area contributed by atoms with Crippen molar-refractivity contribution in [2.24, 2.45) is 45.3 Å². The molecule has 2 unspecified atom stereocenters. The molecule has 4 aliphatic rings. The van der Waals surface area contributed by atoms with Gasteiger partial charge in [0.1, 0.15) is 0 Å². The van der Waals surface area contributed by atoms with E-state index in [0.29, 0.717) is 34.4 Å². The normalized spacial score (nSPS) is 44.8. The lowest BCUT2D eigenvalue weighted by atomic mass is 9.41. The van der Waals surface area contributed by atoms with E-state index in [1.165, 1.54) is 50.5 Å². The fourth-order valence-corrected chi connectivity index (χ4v) is 9.74. The van der Waals surface area contributed by atoms with Crippen LogP contribution in [0, 0.1) is 45.3 Å². The fraction of sp³-hybridized carbons (Fsp3) is 0.900. The number of hydrogen-bond acceptors (Lipinski definition) is 2. The van der Waals surface area contributed by atoms with Crippen molar-refractivity contribution < 1.29 is 9.90 Å². The number of hydrogen-bond donors (Lipinski definition) is 1. The second kappa shape index (κ2) is 8.24. The van der Waals surface area contributed by atoms with Gasteiger partial charge in [0.05, 0.1) is 6.61 Å². The van der Waals surface area contributed by atoms with Crippen LogP contribution in [-0.2, 0) is 4.79 Å². The van der Waals surface area contributed by atoms with Crippen LogP contribution in [0.25, 0.3) is 0 Å². The molecular formula is C30H50O2. The summed E-state index contributed by atoms with van der Waals surface area (Å²) in [5.74, 6) is 2.83. The number of allylic oxidation sites excluding steroid dienone is 1. The van der Waals surface area contributed by atoms with Gasteiger partial charge in [-0.25, -0.2) is 0 Å². The maximum absolute atomic E-state index is 13.1. The van der Waals surface area contributed by atoms with Gasteiger partial charge in [-0.05, 0) is 103 Å². The SMILES string of the molecule is CC(C)C1=C2CCC[C@@H]3C4(C)CCCC(C)(C)[C@@H]4CC[C@@]3(C)[C@H](C)CCC2(CO)CC1=O. The van der Waals surface area contributed by atoms with Crippen LogP contribution in [0.1, 0.15) is 119 Å². The van der Waals surface area contributed by atoms with Gasteiger partial charge in [0.25, 0.3) is 0 Å². The van der Waals surface area contributed by atoms with E-state index in [1.54, 1.807) is 0 Å². The Bertz CT molecular complexity index is 776. The van der Waals surface area contributed by atoms with E-state index in [-0.39, 0.29) is 17.9 Å². The quantitative estimate of drug-likeness (QED) is 0.475. The van der Waals surface area contributed by atoms with Crippen LogP contribution in [0.5, 0.6) is 0 Å². The van der Waals surface area contributed by atoms with Crippen LogP contribution in [0.3, 0.4) is 0 Å². The number of rotatable bonds is 2. The molecule has 0 aliphatic heterocycles. The summed E-state index contributed by atoms with van der Waals surface area (Å²) in [5.41, 5.74) is 3.42. The van der Waals surface area contributed by atoms with E-state index in [1.807, 2.05) is 0 Å². The van der Waals surface area contributed by atoms with E-state index < -0.39 is 0 Å². The Kier molecular flexibility index (Phi) is 6.31. The van der Waals surface area contributed by atoms with Crippen LogP contribution < -0.4 is 0 Å². The molecule has 32 heavy (non-hydrogen) atoms. The van der Waals surface area contributed by atoms with Crippen LogP contribution in [-0.4, -0.2) is 17.5 Å². The van der Waals surface area contributed by atoms with Crippen molar-refractivity contribution in [2.75, 3.05) is 6.61 Å². The van der Waals surface area contributed by atoms with Crippen molar-refractivity contribution >= 4 is 5.78 Å². The first-order valence-electron chi connectivity index (χ1n) is 13.8. The molecule has 0 amide bonds. The molecule has 6 atom stereocenters. The molecule has 4 rings (SSSR count). The Morgan fingerprint density at radius 2 is 1.62 bits per heavy atom. The van der Waals surface area contributed by atoms with Crippen LogP contribution >= 0.6 is 0 Å². The van der Waals surface area contributed by atoms with E-state index >= 15 is 0 Å². The second-order valence-corrected chi connectivity index (χ2v) is 13.9. The molecule has 0 aromatic carbocycles. The van der Waals surface area contributed by atoms with Gasteiger partial charge < -0.3 is 5.11 Å². The fourth-order valence-electron chi connectivity index (χ4n) is 9.74. The maximum Gasteiger partial charge on any atom is 0.160 e. The summed E-state index contributed by atoms with van der Waals surface area (Å²) >= 11 is 0. The van der Waals surface area contributed by atoms with E-state index in [2.05, 4.69) is 48.5 Å². The van der Waals surface area contributed by atoms with Crippen molar-refractivity contribution in [1.82, 2.24) is 0 Å². The van der Waals surface area contributed by atoms with Crippen LogP contribution in [0.4, 0.5) is 0 Å². The lowest BCUT2D eigenvalue weighted by Crippen LogP contribution is -2.56. The summed E-state index contributed by atoms with van der Waals surface area (Å²) < 4.78 is 0. The number of carbonyl (C=O) groups excluding carboxylic acids is 1. The van der Waals surface area contributed by atoms with Gasteiger partial charge in [-0.2, -0.15) is 0 Å². The minimum Gasteiger partial charge on any atom is -0.395 e. The highest BCUT2D eigenvalue weighted by Crippen LogP contribution is 2.67. The maximum atomic E-state index is 13.1. The van der Waals surface area contributed by atoms with Crippen LogP contribution in [0.2, 0.25) is 0 Å². The van der Waals surface area contributed by atoms with Crippen molar-refractivity contribution in [3.05, 3.63) is 11.1 Å². The Morgan fingerprint density at radius 1 is 0.906 bits per heavy atom. The third kappa shape index (κ3) is 3.57. The van der Waals surface area contributed by atoms with E-state index in [0.717, 1.165) is 36.7 Å². The zero-order valence-corrected chi connectivity index (χ0v) is 22.2. The van der Waals surface area contributed by atoms with Gasteiger partial charge in [-0.1, -0.05) is 60.5 Å². The van der Waals surface area contributed by atoms with Gasteiger partial charge >= 0.3 is 0 Å². The molecule has 0 radical (unpaired) electrons. The highest BCUT2D eigenvalue weighted by molar-refractivity contribution is 6.00. The molecular weight excluding hydrogens is 392 g/mol. The standard InChI is InChI=1S/C30H50O2/c1-20(2)26-22-10-8-11-25-28(6,21(3)12-17-30(22,19-31)18-23(26)32)16-13-24-27(4,5)14-9-15-29(24,25)7/h20-21,24-25,31H,8-19H2,1-7H3/t21-,24+,25+,28+,29?,30?/m1/s1. The Hall–Kier alpha value is -0.630. The number of Topliss-reactive ketones (excluding diaryl/α,β-unsaturated/α-hetero) is 1. The van der Waals surface area contributed by atoms with Crippen molar-refractivity contribution in [3.63, 3.8) is 0 Å². The summed E-state index contributed by atoms with van der Waals surface area (Å²) in [5, 5.41) is 10.6. The summed E-state index contributed by atoms with van der Waals surface area (Å²) in [6.07, 6.45) is 13.1. The molecule has 0 heterocycles. The zero-order chi connectivity index (χ0) is 23.5. The molecule has 0 bridgehead atoms. The van der Waals surface area contributed by atoms with E-state index in [9.17, 15) is 9.90 Å². The number of aliphatic hydroxyl groups excluding tert-OH is 1. The molecule has 0 aromatic heterocycles. The monoisotopic (exact) mass is 442 g/mol. The highest BCUT2D eigenvalue weighted by atomic mass is 16.3. The van der Waals surface area contributed by atoms with Crippen molar-refractivity contribution in [1.29, 1.82) is 0 Å². The number of carbonyl (C=O) groups is 1. The van der Waals surface area contributed by atoms with Crippen molar-refractivity contribution in [3.8, 4) is 0 Å². The largest absolute Gasteiger partial charge is 0.395 e. The number of aliphatic hydroxyl groups is 1. The van der Waals surface area contributed by atoms with Gasteiger partial charge in [0.2, 0.25) is 0 Å². The molecule has 0 aromatic rings. The molecule has 0 spiro atoms. The van der Waals surface area contributed by atoms with Gasteiger partial charge in [0, 0.05) is 11.8 Å². The third-order valence-corrected chi connectivity index (χ3v) is 11.6. The third-order valence-electron chi connectivity index (χ3n) is 11.6. The molecule has 3 fully saturated rings. The molecule has 2 heteroatoms. The van der Waals surface area contributed by atoms with Crippen molar-refractivity contribution in [2.45, 2.75) is 119 Å². The average molecular weight is 443 g/mol. The number of ketones is 1. The lowest BCUT2D eigenvalue weighted by Gasteiger charge is -2.64. The zero-order valence-electron chi connectivity index (χ0n) is 22.2. The minimum atomic E-state index is -0.276. The average Bonchev–Trinajstić information content (AvgIpc) is 2.99. The summed E-state index contributed by atoms with van der Waals surface area (Å²) in [4.78, 5) is 13.1.